The summed E-state index contributed by atoms with van der Waals surface area (Å²) in [6.45, 7) is 4.86. The van der Waals surface area contributed by atoms with Gasteiger partial charge in [0.1, 0.15) is 0 Å². The Balaban J connectivity index is 1.18. The van der Waals surface area contributed by atoms with Gasteiger partial charge in [0, 0.05) is 44.1 Å². The number of nitrogens with one attached hydrogen (secondary N) is 1. The van der Waals surface area contributed by atoms with E-state index >= 15 is 0 Å². The van der Waals surface area contributed by atoms with Crippen LogP contribution in [0.1, 0.15) is 34.9 Å². The Morgan fingerprint density at radius 1 is 0.833 bits per heavy atom. The van der Waals surface area contributed by atoms with Crippen molar-refractivity contribution in [3.05, 3.63) is 94.2 Å². The van der Waals surface area contributed by atoms with Crippen molar-refractivity contribution in [1.29, 1.82) is 0 Å². The highest BCUT2D eigenvalue weighted by atomic mass is 32.1. The molecule has 0 bridgehead atoms. The summed E-state index contributed by atoms with van der Waals surface area (Å²) in [6, 6.07) is 25.4. The van der Waals surface area contributed by atoms with E-state index in [-0.39, 0.29) is 23.9 Å². The van der Waals surface area contributed by atoms with Crippen LogP contribution in [0.15, 0.2) is 78.2 Å². The number of likely N-dealkylation sites (tertiary alicyclic amines) is 1. The van der Waals surface area contributed by atoms with Gasteiger partial charge >= 0.3 is 6.03 Å². The normalized spacial score (nSPS) is 18.9. The number of nitrogens with zero attached hydrogens (tertiary/aromatic N) is 3. The predicted molar refractivity (Wildman–Crippen MR) is 144 cm³/mol. The SMILES string of the molecule is O=C(NCc1cccs1)N1CCCC(C(=O)N2CCN(C(c3ccccc3)c3ccccc3)CC2)C1. The third-order valence-electron chi connectivity index (χ3n) is 7.27. The van der Waals surface area contributed by atoms with Crippen LogP contribution >= 0.6 is 11.3 Å². The Kier molecular flexibility index (Phi) is 7.98. The maximum absolute atomic E-state index is 13.4. The maximum atomic E-state index is 13.4. The van der Waals surface area contributed by atoms with Crippen molar-refractivity contribution < 1.29 is 9.59 Å². The fourth-order valence-corrected chi connectivity index (χ4v) is 6.04. The smallest absolute Gasteiger partial charge is 0.317 e. The molecule has 7 heteroatoms. The fraction of sp³-hybridized carbons (Fsp3) is 0.379. The van der Waals surface area contributed by atoms with Gasteiger partial charge in [0.15, 0.2) is 0 Å². The molecule has 0 spiro atoms. The summed E-state index contributed by atoms with van der Waals surface area (Å²) < 4.78 is 0. The Morgan fingerprint density at radius 3 is 2.11 bits per heavy atom. The second-order valence-corrected chi connectivity index (χ2v) is 10.6. The number of carbonyl (C=O) groups is 2. The standard InChI is InChI=1S/C29H34N4O2S/c34-28(25-13-7-15-33(22-25)29(35)30-21-26-14-8-20-36-26)32-18-16-31(17-19-32)27(23-9-3-1-4-10-23)24-11-5-2-6-12-24/h1-6,8-12,14,20,25,27H,7,13,15-19,21-22H2,(H,30,35). The molecule has 1 unspecified atom stereocenters. The Bertz CT molecular complexity index is 1080. The molecule has 1 atom stereocenters. The average Bonchev–Trinajstić information content (AvgIpc) is 3.47. The van der Waals surface area contributed by atoms with E-state index in [1.54, 1.807) is 11.3 Å². The number of hydrogen-bond donors (Lipinski definition) is 1. The van der Waals surface area contributed by atoms with Gasteiger partial charge in [-0.15, -0.1) is 11.3 Å². The van der Waals surface area contributed by atoms with Gasteiger partial charge in [0.05, 0.1) is 18.5 Å². The molecule has 5 rings (SSSR count). The van der Waals surface area contributed by atoms with E-state index in [1.165, 1.54) is 11.1 Å². The van der Waals surface area contributed by atoms with Crippen LogP contribution in [0.25, 0.3) is 0 Å². The Morgan fingerprint density at radius 2 is 1.50 bits per heavy atom. The molecule has 188 valence electrons. The lowest BCUT2D eigenvalue weighted by molar-refractivity contribution is -0.139. The summed E-state index contributed by atoms with van der Waals surface area (Å²) in [5.74, 6) is 0.0817. The van der Waals surface area contributed by atoms with Crippen molar-refractivity contribution in [2.75, 3.05) is 39.3 Å². The molecule has 3 amide bonds. The van der Waals surface area contributed by atoms with Crippen molar-refractivity contribution in [1.82, 2.24) is 20.0 Å². The third kappa shape index (κ3) is 5.79. The topological polar surface area (TPSA) is 55.9 Å². The number of thiophene rings is 1. The third-order valence-corrected chi connectivity index (χ3v) is 8.15. The zero-order chi connectivity index (χ0) is 24.7. The lowest BCUT2D eigenvalue weighted by Gasteiger charge is -2.42. The van der Waals surface area contributed by atoms with Crippen molar-refractivity contribution in [2.45, 2.75) is 25.4 Å². The zero-order valence-corrected chi connectivity index (χ0v) is 21.4. The maximum Gasteiger partial charge on any atom is 0.317 e. The first kappa shape index (κ1) is 24.5. The van der Waals surface area contributed by atoms with Crippen molar-refractivity contribution in [3.63, 3.8) is 0 Å². The molecule has 0 radical (unpaired) electrons. The van der Waals surface area contributed by atoms with Crippen LogP contribution in [-0.4, -0.2) is 65.9 Å². The summed E-state index contributed by atoms with van der Waals surface area (Å²) in [5.41, 5.74) is 2.56. The molecule has 6 nitrogen and oxygen atoms in total. The van der Waals surface area contributed by atoms with Gasteiger partial charge in [-0.3, -0.25) is 9.69 Å². The number of amides is 3. The van der Waals surface area contributed by atoms with Crippen LogP contribution in [0.2, 0.25) is 0 Å². The van der Waals surface area contributed by atoms with E-state index in [4.69, 9.17) is 0 Å². The summed E-state index contributed by atoms with van der Waals surface area (Å²) >= 11 is 1.64. The van der Waals surface area contributed by atoms with Gasteiger partial charge in [-0.25, -0.2) is 4.79 Å². The highest BCUT2D eigenvalue weighted by molar-refractivity contribution is 7.09. The fourth-order valence-electron chi connectivity index (χ4n) is 5.39. The molecule has 3 aromatic rings. The monoisotopic (exact) mass is 502 g/mol. The van der Waals surface area contributed by atoms with E-state index in [0.717, 1.165) is 43.9 Å². The molecule has 1 N–H and O–H groups in total. The molecule has 2 aromatic carbocycles. The Hall–Kier alpha value is -3.16. The van der Waals surface area contributed by atoms with Crippen LogP contribution in [-0.2, 0) is 11.3 Å². The second kappa shape index (κ2) is 11.7. The molecule has 2 fully saturated rings. The highest BCUT2D eigenvalue weighted by Crippen LogP contribution is 2.30. The lowest BCUT2D eigenvalue weighted by atomic mass is 9.95. The van der Waals surface area contributed by atoms with Gasteiger partial charge < -0.3 is 15.1 Å². The lowest BCUT2D eigenvalue weighted by Crippen LogP contribution is -2.54. The predicted octanol–water partition coefficient (Wildman–Crippen LogP) is 4.60. The zero-order valence-electron chi connectivity index (χ0n) is 20.6. The van der Waals surface area contributed by atoms with Gasteiger partial charge in [0.25, 0.3) is 0 Å². The van der Waals surface area contributed by atoms with Gasteiger partial charge in [-0.05, 0) is 35.4 Å². The van der Waals surface area contributed by atoms with Gasteiger partial charge in [-0.2, -0.15) is 0 Å². The minimum absolute atomic E-state index is 0.0701. The molecule has 0 aliphatic carbocycles. The van der Waals surface area contributed by atoms with E-state index in [1.807, 2.05) is 27.3 Å². The van der Waals surface area contributed by atoms with Crippen molar-refractivity contribution >= 4 is 23.3 Å². The minimum atomic E-state index is -0.114. The number of urea groups is 1. The number of rotatable bonds is 6. The van der Waals surface area contributed by atoms with E-state index in [9.17, 15) is 9.59 Å². The van der Waals surface area contributed by atoms with Crippen LogP contribution < -0.4 is 5.32 Å². The summed E-state index contributed by atoms with van der Waals surface area (Å²) in [4.78, 5) is 33.6. The molecular weight excluding hydrogens is 468 g/mol. The van der Waals surface area contributed by atoms with E-state index < -0.39 is 0 Å². The first-order chi connectivity index (χ1) is 17.7. The highest BCUT2D eigenvalue weighted by Gasteiger charge is 2.34. The van der Waals surface area contributed by atoms with E-state index in [0.29, 0.717) is 19.6 Å². The van der Waals surface area contributed by atoms with Crippen LogP contribution in [0.4, 0.5) is 4.79 Å². The number of hydrogen-bond acceptors (Lipinski definition) is 4. The first-order valence-corrected chi connectivity index (χ1v) is 13.7. The minimum Gasteiger partial charge on any atom is -0.340 e. The quantitative estimate of drug-likeness (QED) is 0.536. The largest absolute Gasteiger partial charge is 0.340 e. The second-order valence-electron chi connectivity index (χ2n) is 9.61. The molecule has 0 saturated carbocycles. The summed E-state index contributed by atoms with van der Waals surface area (Å²) in [7, 11) is 0. The summed E-state index contributed by atoms with van der Waals surface area (Å²) in [6.07, 6.45) is 1.72. The summed E-state index contributed by atoms with van der Waals surface area (Å²) in [5, 5.41) is 5.02. The average molecular weight is 503 g/mol. The van der Waals surface area contributed by atoms with Crippen LogP contribution in [0.5, 0.6) is 0 Å². The molecule has 3 heterocycles. The van der Waals surface area contributed by atoms with Crippen molar-refractivity contribution in [3.8, 4) is 0 Å². The Labute approximate surface area is 217 Å². The number of benzene rings is 2. The van der Waals surface area contributed by atoms with Gasteiger partial charge in [0.2, 0.25) is 5.91 Å². The molecule has 2 saturated heterocycles. The van der Waals surface area contributed by atoms with Gasteiger partial charge in [-0.1, -0.05) is 66.7 Å². The molecule has 36 heavy (non-hydrogen) atoms. The van der Waals surface area contributed by atoms with Crippen LogP contribution in [0, 0.1) is 5.92 Å². The first-order valence-electron chi connectivity index (χ1n) is 12.9. The number of piperazine rings is 1. The molecule has 1 aromatic heterocycles. The molecule has 2 aliphatic heterocycles. The van der Waals surface area contributed by atoms with Crippen molar-refractivity contribution in [2.24, 2.45) is 5.92 Å². The van der Waals surface area contributed by atoms with Crippen LogP contribution in [0.3, 0.4) is 0 Å². The number of carbonyl (C=O) groups excluding carboxylic acids is 2. The van der Waals surface area contributed by atoms with E-state index in [2.05, 4.69) is 70.9 Å². The molecule has 2 aliphatic rings. The molecular formula is C29H34N4O2S. The number of piperidine rings is 1.